The second kappa shape index (κ2) is 4.84. The summed E-state index contributed by atoms with van der Waals surface area (Å²) >= 11 is 0. The number of hydrogen-bond donors (Lipinski definition) is 0. The molecule has 1 aliphatic rings. The van der Waals surface area contributed by atoms with Crippen LogP contribution in [-0.4, -0.2) is 48.4 Å². The Kier molecular flexibility index (Phi) is 3.43. The number of carbonyl (C=O) groups is 1. The normalized spacial score (nSPS) is 20.5. The van der Waals surface area contributed by atoms with Gasteiger partial charge in [0.05, 0.1) is 11.7 Å². The first-order chi connectivity index (χ1) is 8.09. The van der Waals surface area contributed by atoms with Gasteiger partial charge in [-0.15, -0.1) is 0 Å². The molecule has 2 rings (SSSR count). The van der Waals surface area contributed by atoms with Crippen molar-refractivity contribution in [3.8, 4) is 0 Å². The maximum absolute atomic E-state index is 11.8. The average molecular weight is 233 g/mol. The quantitative estimate of drug-likeness (QED) is 0.777. The Morgan fingerprint density at radius 1 is 1.47 bits per heavy atom. The molecule has 4 nitrogen and oxygen atoms in total. The van der Waals surface area contributed by atoms with Crippen LogP contribution in [0.25, 0.3) is 0 Å². The summed E-state index contributed by atoms with van der Waals surface area (Å²) in [5.74, 6) is -0.0347. The lowest BCUT2D eigenvalue weighted by molar-refractivity contribution is 0.0821. The number of aromatic nitrogens is 1. The number of hydrogen-bond acceptors (Lipinski definition) is 3. The summed E-state index contributed by atoms with van der Waals surface area (Å²) in [5, 5.41) is 0. The molecule has 0 aliphatic carbocycles. The Bertz CT molecular complexity index is 417. The topological polar surface area (TPSA) is 36.4 Å². The predicted octanol–water partition coefficient (Wildman–Crippen LogP) is 1.55. The van der Waals surface area contributed by atoms with Crippen LogP contribution in [0.4, 0.5) is 0 Å². The van der Waals surface area contributed by atoms with Gasteiger partial charge in [0, 0.05) is 14.1 Å². The Labute approximate surface area is 102 Å². The maximum Gasteiger partial charge on any atom is 0.271 e. The van der Waals surface area contributed by atoms with Gasteiger partial charge < -0.3 is 4.90 Å². The van der Waals surface area contributed by atoms with Crippen LogP contribution in [-0.2, 0) is 0 Å². The summed E-state index contributed by atoms with van der Waals surface area (Å²) in [6.45, 7) is 1.11. The van der Waals surface area contributed by atoms with E-state index in [9.17, 15) is 4.79 Å². The number of pyridine rings is 1. The summed E-state index contributed by atoms with van der Waals surface area (Å²) in [4.78, 5) is 20.2. The van der Waals surface area contributed by atoms with E-state index >= 15 is 0 Å². The van der Waals surface area contributed by atoms with Gasteiger partial charge in [-0.25, -0.2) is 4.98 Å². The van der Waals surface area contributed by atoms with Crippen LogP contribution in [0.3, 0.4) is 0 Å². The van der Waals surface area contributed by atoms with Crippen LogP contribution in [0.1, 0.15) is 35.1 Å². The molecule has 1 unspecified atom stereocenters. The molecule has 1 aromatic heterocycles. The molecule has 1 aromatic rings. The van der Waals surface area contributed by atoms with Crippen molar-refractivity contribution in [3.63, 3.8) is 0 Å². The summed E-state index contributed by atoms with van der Waals surface area (Å²) in [7, 11) is 5.61. The lowest BCUT2D eigenvalue weighted by atomic mass is 10.1. The van der Waals surface area contributed by atoms with Crippen LogP contribution in [0, 0.1) is 0 Å². The Morgan fingerprint density at radius 3 is 2.82 bits per heavy atom. The summed E-state index contributed by atoms with van der Waals surface area (Å²) < 4.78 is 0. The monoisotopic (exact) mass is 233 g/mol. The fourth-order valence-corrected chi connectivity index (χ4v) is 2.27. The number of nitrogens with zero attached hydrogens (tertiary/aromatic N) is 3. The number of amides is 1. The molecular formula is C13H19N3O. The van der Waals surface area contributed by atoms with Crippen molar-refractivity contribution in [1.82, 2.24) is 14.8 Å². The van der Waals surface area contributed by atoms with E-state index in [0.717, 1.165) is 18.7 Å². The molecule has 0 bridgehead atoms. The van der Waals surface area contributed by atoms with Gasteiger partial charge in [0.1, 0.15) is 5.69 Å². The van der Waals surface area contributed by atoms with Gasteiger partial charge >= 0.3 is 0 Å². The largest absolute Gasteiger partial charge is 0.343 e. The standard InChI is InChI=1S/C13H19N3O/c1-15(2)13(17)11-7-4-6-10(14-11)12-8-5-9-16(12)3/h4,6-7,12H,5,8-9H2,1-3H3. The molecule has 0 radical (unpaired) electrons. The number of rotatable bonds is 2. The third kappa shape index (κ3) is 2.47. The smallest absolute Gasteiger partial charge is 0.271 e. The molecule has 1 fully saturated rings. The summed E-state index contributed by atoms with van der Waals surface area (Å²) in [6, 6.07) is 6.08. The highest BCUT2D eigenvalue weighted by molar-refractivity contribution is 5.91. The minimum atomic E-state index is -0.0347. The highest BCUT2D eigenvalue weighted by atomic mass is 16.2. The summed E-state index contributed by atoms with van der Waals surface area (Å²) in [5.41, 5.74) is 1.55. The third-order valence-electron chi connectivity index (χ3n) is 3.26. The van der Waals surface area contributed by atoms with E-state index in [4.69, 9.17) is 0 Å². The van der Waals surface area contributed by atoms with Crippen molar-refractivity contribution in [2.45, 2.75) is 18.9 Å². The van der Waals surface area contributed by atoms with Crippen LogP contribution >= 0.6 is 0 Å². The molecule has 0 spiro atoms. The minimum absolute atomic E-state index is 0.0347. The Balaban J connectivity index is 2.25. The van der Waals surface area contributed by atoms with E-state index in [0.29, 0.717) is 11.7 Å². The second-order valence-electron chi connectivity index (χ2n) is 4.79. The van der Waals surface area contributed by atoms with Gasteiger partial charge in [0.15, 0.2) is 0 Å². The first kappa shape index (κ1) is 12.0. The highest BCUT2D eigenvalue weighted by Gasteiger charge is 2.24. The highest BCUT2D eigenvalue weighted by Crippen LogP contribution is 2.28. The molecule has 17 heavy (non-hydrogen) atoms. The van der Waals surface area contributed by atoms with E-state index in [1.807, 2.05) is 12.1 Å². The van der Waals surface area contributed by atoms with Crippen LogP contribution in [0.5, 0.6) is 0 Å². The fourth-order valence-electron chi connectivity index (χ4n) is 2.27. The van der Waals surface area contributed by atoms with Gasteiger partial charge in [-0.05, 0) is 38.6 Å². The zero-order valence-corrected chi connectivity index (χ0v) is 10.7. The number of likely N-dealkylation sites (tertiary alicyclic amines) is 1. The molecule has 4 heteroatoms. The van der Waals surface area contributed by atoms with Gasteiger partial charge in [0.25, 0.3) is 5.91 Å². The van der Waals surface area contributed by atoms with E-state index in [1.165, 1.54) is 6.42 Å². The second-order valence-corrected chi connectivity index (χ2v) is 4.79. The van der Waals surface area contributed by atoms with Crippen LogP contribution < -0.4 is 0 Å². The third-order valence-corrected chi connectivity index (χ3v) is 3.26. The lowest BCUT2D eigenvalue weighted by Crippen LogP contribution is -2.24. The van der Waals surface area contributed by atoms with Crippen LogP contribution in [0.15, 0.2) is 18.2 Å². The SMILES string of the molecule is CN(C)C(=O)c1cccc(C2CCCN2C)n1. The lowest BCUT2D eigenvalue weighted by Gasteiger charge is -2.19. The van der Waals surface area contributed by atoms with Crippen molar-refractivity contribution < 1.29 is 4.79 Å². The zero-order valence-electron chi connectivity index (χ0n) is 10.7. The van der Waals surface area contributed by atoms with E-state index in [-0.39, 0.29) is 5.91 Å². The molecule has 2 heterocycles. The molecule has 1 aliphatic heterocycles. The Morgan fingerprint density at radius 2 is 2.24 bits per heavy atom. The molecular weight excluding hydrogens is 214 g/mol. The van der Waals surface area contributed by atoms with Crippen molar-refractivity contribution in [2.24, 2.45) is 0 Å². The predicted molar refractivity (Wildman–Crippen MR) is 66.9 cm³/mol. The van der Waals surface area contributed by atoms with Crippen molar-refractivity contribution in [2.75, 3.05) is 27.7 Å². The van der Waals surface area contributed by atoms with Crippen molar-refractivity contribution in [1.29, 1.82) is 0 Å². The fraction of sp³-hybridized carbons (Fsp3) is 0.538. The maximum atomic E-state index is 11.8. The first-order valence-electron chi connectivity index (χ1n) is 5.98. The molecule has 1 amide bonds. The van der Waals surface area contributed by atoms with Gasteiger partial charge in [-0.3, -0.25) is 9.69 Å². The molecule has 0 saturated carbocycles. The Hall–Kier alpha value is -1.42. The molecule has 0 aromatic carbocycles. The average Bonchev–Trinajstić information content (AvgIpc) is 2.74. The van der Waals surface area contributed by atoms with Crippen LogP contribution in [0.2, 0.25) is 0 Å². The first-order valence-corrected chi connectivity index (χ1v) is 5.98. The van der Waals surface area contributed by atoms with Gasteiger partial charge in [0.2, 0.25) is 0 Å². The van der Waals surface area contributed by atoms with Gasteiger partial charge in [-0.1, -0.05) is 6.07 Å². The zero-order chi connectivity index (χ0) is 12.4. The van der Waals surface area contributed by atoms with Crippen molar-refractivity contribution in [3.05, 3.63) is 29.6 Å². The molecule has 92 valence electrons. The minimum Gasteiger partial charge on any atom is -0.343 e. The van der Waals surface area contributed by atoms with E-state index in [1.54, 1.807) is 25.1 Å². The number of carbonyl (C=O) groups excluding carboxylic acids is 1. The molecule has 1 atom stereocenters. The summed E-state index contributed by atoms with van der Waals surface area (Å²) in [6.07, 6.45) is 2.33. The van der Waals surface area contributed by atoms with Crippen molar-refractivity contribution >= 4 is 5.91 Å². The van der Waals surface area contributed by atoms with Gasteiger partial charge in [-0.2, -0.15) is 0 Å². The molecule has 0 N–H and O–H groups in total. The van der Waals surface area contributed by atoms with E-state index < -0.39 is 0 Å². The molecule has 1 saturated heterocycles. The van der Waals surface area contributed by atoms with E-state index in [2.05, 4.69) is 16.9 Å².